The zero-order chi connectivity index (χ0) is 20.3. The summed E-state index contributed by atoms with van der Waals surface area (Å²) < 4.78 is 45.3. The van der Waals surface area contributed by atoms with Gasteiger partial charge in [0.1, 0.15) is 11.7 Å². The van der Waals surface area contributed by atoms with Gasteiger partial charge in [-0.1, -0.05) is 18.2 Å². The third-order valence-corrected chi connectivity index (χ3v) is 5.34. The Balaban J connectivity index is 1.56. The molecule has 10 heteroatoms. The van der Waals surface area contributed by atoms with Gasteiger partial charge in [-0.25, -0.2) is 17.6 Å². The van der Waals surface area contributed by atoms with Crippen molar-refractivity contribution in [3.8, 4) is 0 Å². The highest BCUT2D eigenvalue weighted by atomic mass is 32.2. The molecule has 3 rings (SSSR count). The zero-order valence-corrected chi connectivity index (χ0v) is 15.9. The number of amidine groups is 1. The van der Waals surface area contributed by atoms with Gasteiger partial charge in [0.05, 0.1) is 11.3 Å². The van der Waals surface area contributed by atoms with Crippen LogP contribution in [0.15, 0.2) is 52.6 Å². The molecule has 0 aromatic heterocycles. The molecule has 1 aromatic carbocycles. The van der Waals surface area contributed by atoms with E-state index >= 15 is 0 Å². The van der Waals surface area contributed by atoms with Crippen molar-refractivity contribution in [3.05, 3.63) is 59.6 Å². The Labute approximate surface area is 161 Å². The standard InChI is InChI=1S/C18H18FN3O5S/c1-21(10-13-4-2-3-5-15(13)19)17(23)12-27-18(24)14-6-7-16-20-28(25,26)9-8-22(16)11-14/h2-7,11H,8-10,12H2,1H3. The van der Waals surface area contributed by atoms with E-state index in [1.54, 1.807) is 18.2 Å². The predicted octanol–water partition coefficient (Wildman–Crippen LogP) is 0.825. The number of esters is 1. The van der Waals surface area contributed by atoms with Gasteiger partial charge >= 0.3 is 5.97 Å². The molecule has 148 valence electrons. The minimum absolute atomic E-state index is 0.0493. The number of carbonyl (C=O) groups is 2. The minimum atomic E-state index is -3.48. The molecule has 0 radical (unpaired) electrons. The van der Waals surface area contributed by atoms with Crippen molar-refractivity contribution in [3.63, 3.8) is 0 Å². The monoisotopic (exact) mass is 407 g/mol. The second-order valence-electron chi connectivity index (χ2n) is 6.26. The maximum absolute atomic E-state index is 13.7. The number of fused-ring (bicyclic) bond motifs is 1. The normalized spacial score (nSPS) is 17.3. The van der Waals surface area contributed by atoms with Crippen LogP contribution in [-0.2, 0) is 30.9 Å². The van der Waals surface area contributed by atoms with Gasteiger partial charge in [-0.2, -0.15) is 0 Å². The average molecular weight is 407 g/mol. The Kier molecular flexibility index (Phi) is 5.59. The van der Waals surface area contributed by atoms with Crippen LogP contribution in [0, 0.1) is 5.82 Å². The van der Waals surface area contributed by atoms with Gasteiger partial charge in [0.2, 0.25) is 0 Å². The number of sulfonamides is 1. The first kappa shape index (κ1) is 19.7. The Bertz CT molecular complexity index is 1000. The molecule has 0 N–H and O–H groups in total. The van der Waals surface area contributed by atoms with E-state index in [-0.39, 0.29) is 30.3 Å². The second-order valence-corrected chi connectivity index (χ2v) is 8.02. The molecular formula is C18H18FN3O5S. The number of ether oxygens (including phenoxy) is 1. The molecule has 28 heavy (non-hydrogen) atoms. The van der Waals surface area contributed by atoms with Crippen LogP contribution in [-0.4, -0.2) is 61.9 Å². The van der Waals surface area contributed by atoms with Crippen LogP contribution < -0.4 is 0 Å². The van der Waals surface area contributed by atoms with Crippen molar-refractivity contribution in [2.45, 2.75) is 6.54 Å². The maximum atomic E-state index is 13.7. The second kappa shape index (κ2) is 7.93. The summed E-state index contributed by atoms with van der Waals surface area (Å²) in [5.74, 6) is -1.55. The Morgan fingerprint density at radius 3 is 2.79 bits per heavy atom. The van der Waals surface area contributed by atoms with E-state index in [0.29, 0.717) is 5.56 Å². The third-order valence-electron chi connectivity index (χ3n) is 4.18. The number of hydrogen-bond donors (Lipinski definition) is 0. The number of carbonyl (C=O) groups excluding carboxylic acids is 2. The lowest BCUT2D eigenvalue weighted by molar-refractivity contribution is -0.148. The van der Waals surface area contributed by atoms with Gasteiger partial charge in [0.25, 0.3) is 15.9 Å². The summed E-state index contributed by atoms with van der Waals surface area (Å²) in [5, 5.41) is 0. The van der Waals surface area contributed by atoms with Crippen LogP contribution in [0.5, 0.6) is 0 Å². The number of amides is 1. The Morgan fingerprint density at radius 1 is 1.29 bits per heavy atom. The Morgan fingerprint density at radius 2 is 2.04 bits per heavy atom. The number of hydrogen-bond acceptors (Lipinski definition) is 6. The molecule has 0 aliphatic carbocycles. The van der Waals surface area contributed by atoms with Gasteiger partial charge in [-0.05, 0) is 18.2 Å². The molecule has 0 saturated carbocycles. The maximum Gasteiger partial charge on any atom is 0.340 e. The van der Waals surface area contributed by atoms with Crippen molar-refractivity contribution in [2.75, 3.05) is 26.0 Å². The highest BCUT2D eigenvalue weighted by molar-refractivity contribution is 7.90. The molecule has 0 spiro atoms. The highest BCUT2D eigenvalue weighted by Crippen LogP contribution is 2.16. The summed E-state index contributed by atoms with van der Waals surface area (Å²) in [6.45, 7) is -0.273. The molecule has 2 aliphatic rings. The molecule has 0 saturated heterocycles. The molecule has 0 fully saturated rings. The lowest BCUT2D eigenvalue weighted by Gasteiger charge is -2.26. The summed E-state index contributed by atoms with van der Waals surface area (Å²) in [7, 11) is -1.99. The van der Waals surface area contributed by atoms with E-state index in [2.05, 4.69) is 4.40 Å². The Hall–Kier alpha value is -3.01. The first-order chi connectivity index (χ1) is 13.2. The van der Waals surface area contributed by atoms with Crippen LogP contribution >= 0.6 is 0 Å². The SMILES string of the molecule is CN(Cc1ccccc1F)C(=O)COC(=O)C1=CN2CCS(=O)(=O)N=C2C=C1. The van der Waals surface area contributed by atoms with Crippen molar-refractivity contribution in [2.24, 2.45) is 4.40 Å². The molecule has 0 unspecified atom stereocenters. The summed E-state index contributed by atoms with van der Waals surface area (Å²) in [6, 6.07) is 6.10. The van der Waals surface area contributed by atoms with Gasteiger partial charge in [0, 0.05) is 31.9 Å². The summed E-state index contributed by atoms with van der Waals surface area (Å²) in [4.78, 5) is 27.1. The fraction of sp³-hybridized carbons (Fsp3) is 0.278. The van der Waals surface area contributed by atoms with Gasteiger partial charge in [0.15, 0.2) is 6.61 Å². The van der Waals surface area contributed by atoms with E-state index < -0.39 is 34.3 Å². The zero-order valence-electron chi connectivity index (χ0n) is 15.0. The van der Waals surface area contributed by atoms with Crippen LogP contribution in [0.4, 0.5) is 4.39 Å². The summed E-state index contributed by atoms with van der Waals surface area (Å²) in [6.07, 6.45) is 4.22. The van der Waals surface area contributed by atoms with E-state index in [0.717, 1.165) is 0 Å². The molecule has 0 atom stereocenters. The largest absolute Gasteiger partial charge is 0.452 e. The van der Waals surface area contributed by atoms with Crippen molar-refractivity contribution in [1.29, 1.82) is 0 Å². The van der Waals surface area contributed by atoms with Crippen LogP contribution in [0.1, 0.15) is 5.56 Å². The van der Waals surface area contributed by atoms with Crippen molar-refractivity contribution in [1.82, 2.24) is 9.80 Å². The van der Waals surface area contributed by atoms with E-state index in [9.17, 15) is 22.4 Å². The molecule has 1 amide bonds. The molecular weight excluding hydrogens is 389 g/mol. The fourth-order valence-corrected chi connectivity index (χ4v) is 3.58. The molecule has 0 bridgehead atoms. The van der Waals surface area contributed by atoms with Crippen molar-refractivity contribution < 1.29 is 27.1 Å². The smallest absolute Gasteiger partial charge is 0.340 e. The van der Waals surface area contributed by atoms with E-state index in [4.69, 9.17) is 4.74 Å². The first-order valence-corrected chi connectivity index (χ1v) is 10.00. The number of likely N-dealkylation sites (N-methyl/N-ethyl adjacent to an activating group) is 1. The molecule has 1 aromatic rings. The average Bonchev–Trinajstić information content (AvgIpc) is 2.66. The number of rotatable bonds is 5. The van der Waals surface area contributed by atoms with Gasteiger partial charge in [-0.3, -0.25) is 4.79 Å². The number of halogens is 1. The number of nitrogens with zero attached hydrogens (tertiary/aromatic N) is 3. The first-order valence-electron chi connectivity index (χ1n) is 8.39. The molecule has 8 nitrogen and oxygen atoms in total. The topological polar surface area (TPSA) is 96.4 Å². The lowest BCUT2D eigenvalue weighted by Crippen LogP contribution is -2.37. The predicted molar refractivity (Wildman–Crippen MR) is 99.0 cm³/mol. The fourth-order valence-electron chi connectivity index (χ4n) is 2.61. The van der Waals surface area contributed by atoms with Crippen LogP contribution in [0.25, 0.3) is 0 Å². The third kappa shape index (κ3) is 4.63. The van der Waals surface area contributed by atoms with Crippen LogP contribution in [0.3, 0.4) is 0 Å². The quantitative estimate of drug-likeness (QED) is 0.671. The molecule has 2 heterocycles. The lowest BCUT2D eigenvalue weighted by atomic mass is 10.2. The van der Waals surface area contributed by atoms with Gasteiger partial charge < -0.3 is 14.5 Å². The van der Waals surface area contributed by atoms with Crippen LogP contribution in [0.2, 0.25) is 0 Å². The summed E-state index contributed by atoms with van der Waals surface area (Å²) >= 11 is 0. The highest BCUT2D eigenvalue weighted by Gasteiger charge is 2.25. The van der Waals surface area contributed by atoms with E-state index in [1.165, 1.54) is 41.3 Å². The molecule has 2 aliphatic heterocycles. The number of benzene rings is 1. The van der Waals surface area contributed by atoms with E-state index in [1.807, 2.05) is 0 Å². The van der Waals surface area contributed by atoms with Gasteiger partial charge in [-0.15, -0.1) is 4.40 Å². The summed E-state index contributed by atoms with van der Waals surface area (Å²) in [5.41, 5.74) is 0.525. The minimum Gasteiger partial charge on any atom is -0.452 e. The van der Waals surface area contributed by atoms with Crippen molar-refractivity contribution >= 4 is 27.7 Å².